The van der Waals surface area contributed by atoms with Gasteiger partial charge in [0.25, 0.3) is 5.89 Å². The third-order valence-corrected chi connectivity index (χ3v) is 4.20. The van der Waals surface area contributed by atoms with Crippen LogP contribution in [0.4, 0.5) is 0 Å². The summed E-state index contributed by atoms with van der Waals surface area (Å²) in [6.07, 6.45) is 5.84. The van der Waals surface area contributed by atoms with Crippen LogP contribution in [0.25, 0.3) is 22.4 Å². The van der Waals surface area contributed by atoms with E-state index in [4.69, 9.17) is 10.3 Å². The van der Waals surface area contributed by atoms with Gasteiger partial charge in [0.1, 0.15) is 0 Å². The lowest BCUT2D eigenvalue weighted by Gasteiger charge is -2.17. The molecule has 0 amide bonds. The maximum absolute atomic E-state index is 6.36. The number of benzene rings is 1. The van der Waals surface area contributed by atoms with Crippen LogP contribution < -0.4 is 5.73 Å². The number of para-hydroxylation sites is 1. The molecule has 1 aliphatic rings. The van der Waals surface area contributed by atoms with Crippen LogP contribution in [0, 0.1) is 0 Å². The van der Waals surface area contributed by atoms with Gasteiger partial charge in [-0.15, -0.1) is 0 Å². The minimum Gasteiger partial charge on any atom is -0.334 e. The summed E-state index contributed by atoms with van der Waals surface area (Å²) in [5, 5.41) is 5.14. The van der Waals surface area contributed by atoms with Crippen LogP contribution in [0.2, 0.25) is 0 Å². The molecule has 0 saturated heterocycles. The van der Waals surface area contributed by atoms with Crippen molar-refractivity contribution in [3.8, 4) is 11.5 Å². The molecular formula is C16H16N4O. The summed E-state index contributed by atoms with van der Waals surface area (Å²) in [6, 6.07) is 9.96. The van der Waals surface area contributed by atoms with E-state index in [0.29, 0.717) is 11.7 Å². The quantitative estimate of drug-likeness (QED) is 0.780. The van der Waals surface area contributed by atoms with E-state index < -0.39 is 5.54 Å². The first-order valence-corrected chi connectivity index (χ1v) is 7.23. The minimum atomic E-state index is -0.425. The normalized spacial score (nSPS) is 17.4. The van der Waals surface area contributed by atoms with Crippen LogP contribution in [-0.2, 0) is 5.54 Å². The van der Waals surface area contributed by atoms with Gasteiger partial charge in [-0.2, -0.15) is 4.98 Å². The highest BCUT2D eigenvalue weighted by molar-refractivity contribution is 5.82. The lowest BCUT2D eigenvalue weighted by Crippen LogP contribution is -2.34. The Morgan fingerprint density at radius 1 is 1.14 bits per heavy atom. The highest BCUT2D eigenvalue weighted by atomic mass is 16.5. The topological polar surface area (TPSA) is 77.8 Å². The smallest absolute Gasteiger partial charge is 0.259 e. The Balaban J connectivity index is 1.73. The molecule has 0 atom stereocenters. The minimum absolute atomic E-state index is 0.425. The molecular weight excluding hydrogens is 264 g/mol. The first kappa shape index (κ1) is 12.5. The average Bonchev–Trinajstić information content (AvgIpc) is 3.17. The van der Waals surface area contributed by atoms with Gasteiger partial charge >= 0.3 is 0 Å². The Morgan fingerprint density at radius 2 is 1.95 bits per heavy atom. The van der Waals surface area contributed by atoms with Crippen molar-refractivity contribution in [2.24, 2.45) is 5.73 Å². The van der Waals surface area contributed by atoms with Crippen molar-refractivity contribution < 1.29 is 4.52 Å². The number of hydrogen-bond acceptors (Lipinski definition) is 5. The van der Waals surface area contributed by atoms with Gasteiger partial charge in [0.05, 0.1) is 16.6 Å². The predicted molar refractivity (Wildman–Crippen MR) is 79.4 cm³/mol. The summed E-state index contributed by atoms with van der Waals surface area (Å²) in [4.78, 5) is 8.92. The zero-order valence-electron chi connectivity index (χ0n) is 11.6. The number of nitrogens with zero attached hydrogens (tertiary/aromatic N) is 3. The van der Waals surface area contributed by atoms with Crippen molar-refractivity contribution in [1.82, 2.24) is 15.1 Å². The molecule has 0 unspecified atom stereocenters. The van der Waals surface area contributed by atoms with Crippen LogP contribution in [0.1, 0.15) is 31.5 Å². The van der Waals surface area contributed by atoms with E-state index in [9.17, 15) is 0 Å². The number of aromatic nitrogens is 3. The summed E-state index contributed by atoms with van der Waals surface area (Å²) in [5.41, 5.74) is 7.72. The maximum atomic E-state index is 6.36. The fourth-order valence-electron chi connectivity index (χ4n) is 2.96. The van der Waals surface area contributed by atoms with E-state index in [2.05, 4.69) is 15.1 Å². The summed E-state index contributed by atoms with van der Waals surface area (Å²) in [6.45, 7) is 0. The van der Waals surface area contributed by atoms with E-state index >= 15 is 0 Å². The lowest BCUT2D eigenvalue weighted by molar-refractivity contribution is 0.372. The van der Waals surface area contributed by atoms with Gasteiger partial charge in [0.15, 0.2) is 5.82 Å². The van der Waals surface area contributed by atoms with Crippen molar-refractivity contribution >= 4 is 10.9 Å². The monoisotopic (exact) mass is 280 g/mol. The van der Waals surface area contributed by atoms with Gasteiger partial charge in [-0.1, -0.05) is 36.2 Å². The number of fused-ring (bicyclic) bond motifs is 1. The second-order valence-corrected chi connectivity index (χ2v) is 5.70. The molecule has 1 fully saturated rings. The van der Waals surface area contributed by atoms with E-state index in [0.717, 1.165) is 42.1 Å². The van der Waals surface area contributed by atoms with E-state index in [1.165, 1.54) is 0 Å². The molecule has 4 rings (SSSR count). The molecule has 2 heterocycles. The zero-order chi connectivity index (χ0) is 14.3. The SMILES string of the molecule is NC1(c2noc(-c3cnc4ccccc4c3)n2)CCCC1. The molecule has 0 aliphatic heterocycles. The molecule has 21 heavy (non-hydrogen) atoms. The number of nitrogens with two attached hydrogens (primary N) is 1. The van der Waals surface area contributed by atoms with Gasteiger partial charge in [0, 0.05) is 11.6 Å². The second kappa shape index (κ2) is 4.63. The second-order valence-electron chi connectivity index (χ2n) is 5.70. The molecule has 106 valence electrons. The number of hydrogen-bond donors (Lipinski definition) is 1. The first-order chi connectivity index (χ1) is 10.2. The fourth-order valence-corrected chi connectivity index (χ4v) is 2.96. The van der Waals surface area contributed by atoms with Crippen LogP contribution >= 0.6 is 0 Å². The largest absolute Gasteiger partial charge is 0.334 e. The van der Waals surface area contributed by atoms with Crippen LogP contribution in [0.3, 0.4) is 0 Å². The van der Waals surface area contributed by atoms with Gasteiger partial charge in [0.2, 0.25) is 0 Å². The number of rotatable bonds is 2. The Hall–Kier alpha value is -2.27. The summed E-state index contributed by atoms with van der Waals surface area (Å²) in [5.74, 6) is 1.10. The molecule has 1 saturated carbocycles. The Bertz CT molecular complexity index is 790. The zero-order valence-corrected chi connectivity index (χ0v) is 11.6. The Morgan fingerprint density at radius 3 is 2.81 bits per heavy atom. The first-order valence-electron chi connectivity index (χ1n) is 7.23. The fraction of sp³-hybridized carbons (Fsp3) is 0.312. The highest BCUT2D eigenvalue weighted by Crippen LogP contribution is 2.35. The van der Waals surface area contributed by atoms with Gasteiger partial charge < -0.3 is 10.3 Å². The van der Waals surface area contributed by atoms with Gasteiger partial charge in [-0.25, -0.2) is 0 Å². The predicted octanol–water partition coefficient (Wildman–Crippen LogP) is 3.01. The van der Waals surface area contributed by atoms with Crippen molar-refractivity contribution in [2.45, 2.75) is 31.2 Å². The standard InChI is InChI=1S/C16H16N4O/c17-16(7-3-4-8-16)15-19-14(21-20-15)12-9-11-5-1-2-6-13(11)18-10-12/h1-2,5-6,9-10H,3-4,7-8,17H2. The lowest BCUT2D eigenvalue weighted by atomic mass is 9.99. The molecule has 5 heteroatoms. The molecule has 0 radical (unpaired) electrons. The molecule has 2 N–H and O–H groups in total. The van der Waals surface area contributed by atoms with Gasteiger partial charge in [-0.05, 0) is 25.0 Å². The molecule has 0 bridgehead atoms. The van der Waals surface area contributed by atoms with Crippen molar-refractivity contribution in [1.29, 1.82) is 0 Å². The molecule has 5 nitrogen and oxygen atoms in total. The van der Waals surface area contributed by atoms with E-state index in [-0.39, 0.29) is 0 Å². The summed E-state index contributed by atoms with van der Waals surface area (Å²) in [7, 11) is 0. The molecule has 3 aromatic rings. The van der Waals surface area contributed by atoms with E-state index in [1.807, 2.05) is 30.3 Å². The summed E-state index contributed by atoms with van der Waals surface area (Å²) < 4.78 is 5.40. The van der Waals surface area contributed by atoms with Crippen molar-refractivity contribution in [3.63, 3.8) is 0 Å². The molecule has 1 aromatic carbocycles. The van der Waals surface area contributed by atoms with Crippen molar-refractivity contribution in [2.75, 3.05) is 0 Å². The van der Waals surface area contributed by atoms with E-state index in [1.54, 1.807) is 6.20 Å². The van der Waals surface area contributed by atoms with Crippen LogP contribution in [0.5, 0.6) is 0 Å². The molecule has 2 aromatic heterocycles. The number of pyridine rings is 1. The highest BCUT2D eigenvalue weighted by Gasteiger charge is 2.36. The average molecular weight is 280 g/mol. The van der Waals surface area contributed by atoms with Crippen LogP contribution in [0.15, 0.2) is 41.1 Å². The Labute approximate surface area is 122 Å². The third kappa shape index (κ3) is 2.10. The third-order valence-electron chi connectivity index (χ3n) is 4.20. The van der Waals surface area contributed by atoms with Crippen molar-refractivity contribution in [3.05, 3.63) is 42.4 Å². The summed E-state index contributed by atoms with van der Waals surface area (Å²) >= 11 is 0. The van der Waals surface area contributed by atoms with Gasteiger partial charge in [-0.3, -0.25) is 4.98 Å². The molecule has 0 spiro atoms. The van der Waals surface area contributed by atoms with Crippen LogP contribution in [-0.4, -0.2) is 15.1 Å². The molecule has 1 aliphatic carbocycles. The Kier molecular flexibility index (Phi) is 2.75. The maximum Gasteiger partial charge on any atom is 0.259 e.